The number of carbonyl (C=O) groups is 4. The Labute approximate surface area is 204 Å². The molecule has 1 heterocycles. The molecule has 2 unspecified atom stereocenters. The Morgan fingerprint density at radius 2 is 1.74 bits per heavy atom. The number of aliphatic hydroxyl groups is 1. The molecule has 0 radical (unpaired) electrons. The molecule has 1 saturated carbocycles. The Morgan fingerprint density at radius 1 is 1.09 bits per heavy atom. The van der Waals surface area contributed by atoms with Crippen molar-refractivity contribution in [3.63, 3.8) is 0 Å². The number of hydrogen-bond donors (Lipinski definition) is 5. The van der Waals surface area contributed by atoms with E-state index in [0.29, 0.717) is 13.0 Å². The molecule has 5 atom stereocenters. The summed E-state index contributed by atoms with van der Waals surface area (Å²) in [5.74, 6) is -2.80. The highest BCUT2D eigenvalue weighted by atomic mass is 19.3. The van der Waals surface area contributed by atoms with E-state index in [4.69, 9.17) is 4.74 Å². The molecule has 1 aliphatic carbocycles. The van der Waals surface area contributed by atoms with Crippen molar-refractivity contribution in [2.45, 2.75) is 96.6 Å². The van der Waals surface area contributed by atoms with Gasteiger partial charge in [-0.1, -0.05) is 27.7 Å². The van der Waals surface area contributed by atoms with Gasteiger partial charge < -0.3 is 31.1 Å². The minimum Gasteiger partial charge on any atom is -0.440 e. The van der Waals surface area contributed by atoms with E-state index in [2.05, 4.69) is 21.3 Å². The van der Waals surface area contributed by atoms with Gasteiger partial charge >= 0.3 is 6.09 Å². The third-order valence-electron chi connectivity index (χ3n) is 6.07. The van der Waals surface area contributed by atoms with E-state index < -0.39 is 60.5 Å². The maximum absolute atomic E-state index is 13.2. The second-order valence-electron chi connectivity index (χ2n) is 10.1. The lowest BCUT2D eigenvalue weighted by atomic mass is 9.93. The van der Waals surface area contributed by atoms with Crippen LogP contribution in [0.15, 0.2) is 0 Å². The Kier molecular flexibility index (Phi) is 10.7. The molecule has 12 heteroatoms. The molecule has 2 fully saturated rings. The minimum absolute atomic E-state index is 0.0165. The van der Waals surface area contributed by atoms with Gasteiger partial charge in [-0.05, 0) is 43.9 Å². The first-order chi connectivity index (χ1) is 16.4. The number of halogens is 2. The fourth-order valence-corrected chi connectivity index (χ4v) is 3.90. The Balaban J connectivity index is 2.11. The molecule has 35 heavy (non-hydrogen) atoms. The van der Waals surface area contributed by atoms with Gasteiger partial charge in [-0.15, -0.1) is 0 Å². The molecule has 2 aliphatic rings. The van der Waals surface area contributed by atoms with Crippen LogP contribution in [0.2, 0.25) is 0 Å². The number of alkyl carbamates (subject to hydrolysis) is 1. The lowest BCUT2D eigenvalue weighted by Crippen LogP contribution is -2.57. The van der Waals surface area contributed by atoms with Crippen molar-refractivity contribution in [2.24, 2.45) is 17.8 Å². The molecule has 2 rings (SSSR count). The minimum atomic E-state index is -2.89. The van der Waals surface area contributed by atoms with Crippen LogP contribution in [0.3, 0.4) is 0 Å². The van der Waals surface area contributed by atoms with Crippen molar-refractivity contribution in [3.05, 3.63) is 0 Å². The zero-order chi connectivity index (χ0) is 26.3. The predicted molar refractivity (Wildman–Crippen MR) is 122 cm³/mol. The van der Waals surface area contributed by atoms with Crippen molar-refractivity contribution in [1.29, 1.82) is 0 Å². The monoisotopic (exact) mass is 504 g/mol. The van der Waals surface area contributed by atoms with Crippen LogP contribution < -0.4 is 21.3 Å². The van der Waals surface area contributed by atoms with Crippen molar-refractivity contribution in [3.8, 4) is 0 Å². The highest BCUT2D eigenvalue weighted by Gasteiger charge is 2.37. The third-order valence-corrected chi connectivity index (χ3v) is 6.07. The summed E-state index contributed by atoms with van der Waals surface area (Å²) in [6, 6.07) is -2.27. The maximum Gasteiger partial charge on any atom is 0.408 e. The van der Waals surface area contributed by atoms with Crippen LogP contribution in [-0.4, -0.2) is 72.2 Å². The summed E-state index contributed by atoms with van der Waals surface area (Å²) in [4.78, 5) is 50.0. The predicted octanol–water partition coefficient (Wildman–Crippen LogP) is 1.07. The molecule has 5 N–H and O–H groups in total. The van der Waals surface area contributed by atoms with Gasteiger partial charge in [0.05, 0.1) is 6.04 Å². The molecule has 0 spiro atoms. The van der Waals surface area contributed by atoms with Gasteiger partial charge in [-0.25, -0.2) is 13.6 Å². The van der Waals surface area contributed by atoms with Crippen molar-refractivity contribution < 1.29 is 37.8 Å². The first-order valence-corrected chi connectivity index (χ1v) is 12.2. The van der Waals surface area contributed by atoms with Gasteiger partial charge in [0.1, 0.15) is 6.04 Å². The Bertz CT molecular complexity index is 754. The second kappa shape index (κ2) is 13.0. The Morgan fingerprint density at radius 3 is 2.23 bits per heavy atom. The number of aliphatic hydroxyl groups excluding tert-OH is 1. The smallest absolute Gasteiger partial charge is 0.408 e. The number of amides is 4. The zero-order valence-electron chi connectivity index (χ0n) is 20.7. The maximum atomic E-state index is 13.2. The Hall–Kier alpha value is -2.50. The molecule has 200 valence electrons. The van der Waals surface area contributed by atoms with Crippen molar-refractivity contribution in [2.75, 3.05) is 6.54 Å². The number of alkyl halides is 2. The van der Waals surface area contributed by atoms with Gasteiger partial charge in [-0.2, -0.15) is 0 Å². The number of rotatable bonds is 13. The van der Waals surface area contributed by atoms with Gasteiger partial charge in [0.25, 0.3) is 12.3 Å². The van der Waals surface area contributed by atoms with Gasteiger partial charge in [0.2, 0.25) is 11.8 Å². The fraction of sp³-hybridized carbons (Fsp3) is 0.826. The summed E-state index contributed by atoms with van der Waals surface area (Å²) >= 11 is 0. The topological polar surface area (TPSA) is 146 Å². The summed E-state index contributed by atoms with van der Waals surface area (Å²) in [5, 5.41) is 21.0. The summed E-state index contributed by atoms with van der Waals surface area (Å²) in [7, 11) is 0. The van der Waals surface area contributed by atoms with Crippen LogP contribution in [0, 0.1) is 17.8 Å². The first-order valence-electron chi connectivity index (χ1n) is 12.2. The quantitative estimate of drug-likeness (QED) is 0.254. The average molecular weight is 505 g/mol. The third kappa shape index (κ3) is 9.23. The van der Waals surface area contributed by atoms with Crippen molar-refractivity contribution >= 4 is 23.8 Å². The standard InChI is InChI=1S/C23H38F2N4O6/c1-11(2)9-16(29-23(34)35-18(12(3)4)19(24)25)21(32)28-15(10-13-7-8-26-20(13)31)17(30)22(33)27-14-5-6-14/h11-19,30H,5-10H2,1-4H3,(H,26,31)(H,27,33)(H,28,32)(H,29,34)/t13-,15-,16-,17?,18?/m0/s1. The molecule has 0 bridgehead atoms. The van der Waals surface area contributed by atoms with Gasteiger partial charge in [0, 0.05) is 18.5 Å². The van der Waals surface area contributed by atoms with Crippen LogP contribution >= 0.6 is 0 Å². The normalized spacial score (nSPS) is 21.3. The summed E-state index contributed by atoms with van der Waals surface area (Å²) in [6.45, 7) is 7.04. The van der Waals surface area contributed by atoms with Crippen molar-refractivity contribution in [1.82, 2.24) is 21.3 Å². The van der Waals surface area contributed by atoms with Crippen LogP contribution in [0.5, 0.6) is 0 Å². The molecule has 4 amide bonds. The van der Waals surface area contributed by atoms with E-state index in [-0.39, 0.29) is 30.7 Å². The van der Waals surface area contributed by atoms with Crippen LogP contribution in [0.25, 0.3) is 0 Å². The molecule has 1 aliphatic heterocycles. The van der Waals surface area contributed by atoms with E-state index in [9.17, 15) is 33.1 Å². The highest BCUT2D eigenvalue weighted by molar-refractivity contribution is 5.88. The summed E-state index contributed by atoms with van der Waals surface area (Å²) in [5.41, 5.74) is 0. The number of nitrogens with one attached hydrogen (secondary N) is 4. The van der Waals surface area contributed by atoms with Crippen LogP contribution in [0.4, 0.5) is 13.6 Å². The van der Waals surface area contributed by atoms with Gasteiger partial charge in [-0.3, -0.25) is 14.4 Å². The second-order valence-corrected chi connectivity index (χ2v) is 10.1. The van der Waals surface area contributed by atoms with E-state index in [1.165, 1.54) is 13.8 Å². The highest BCUT2D eigenvalue weighted by Crippen LogP contribution is 2.22. The van der Waals surface area contributed by atoms with E-state index in [1.807, 2.05) is 13.8 Å². The van der Waals surface area contributed by atoms with E-state index in [0.717, 1.165) is 12.8 Å². The number of ether oxygens (including phenoxy) is 1. The molecule has 1 saturated heterocycles. The molecular weight excluding hydrogens is 466 g/mol. The van der Waals surface area contributed by atoms with Crippen LogP contribution in [-0.2, 0) is 19.1 Å². The lowest BCUT2D eigenvalue weighted by Gasteiger charge is -2.29. The molecule has 10 nitrogen and oxygen atoms in total. The van der Waals surface area contributed by atoms with Gasteiger partial charge in [0.15, 0.2) is 12.2 Å². The largest absolute Gasteiger partial charge is 0.440 e. The zero-order valence-corrected chi connectivity index (χ0v) is 20.7. The fourth-order valence-electron chi connectivity index (χ4n) is 3.90. The molecular formula is C23H38F2N4O6. The lowest BCUT2D eigenvalue weighted by molar-refractivity contribution is -0.134. The van der Waals surface area contributed by atoms with E-state index >= 15 is 0 Å². The molecule has 0 aromatic carbocycles. The number of hydrogen-bond acceptors (Lipinski definition) is 6. The average Bonchev–Trinajstić information content (AvgIpc) is 3.49. The summed E-state index contributed by atoms with van der Waals surface area (Å²) < 4.78 is 31.2. The molecule has 0 aromatic heterocycles. The van der Waals surface area contributed by atoms with Crippen LogP contribution in [0.1, 0.15) is 59.8 Å². The summed E-state index contributed by atoms with van der Waals surface area (Å²) in [6.07, 6.45) is -5.02. The SMILES string of the molecule is CC(C)C[C@H](NC(=O)OC(C(C)C)C(F)F)C(=O)N[C@@H](C[C@@H]1CCNC1=O)C(O)C(=O)NC1CC1. The van der Waals surface area contributed by atoms with E-state index in [1.54, 1.807) is 0 Å². The molecule has 0 aromatic rings. The first kappa shape index (κ1) is 28.7. The number of carbonyl (C=O) groups excluding carboxylic acids is 4.